The number of hydrogen-bond acceptors (Lipinski definition) is 2. The van der Waals surface area contributed by atoms with Gasteiger partial charge < -0.3 is 10.2 Å². The van der Waals surface area contributed by atoms with Crippen molar-refractivity contribution in [2.45, 2.75) is 51.7 Å². The number of halogens is 3. The highest BCUT2D eigenvalue weighted by Gasteiger charge is 2.31. The van der Waals surface area contributed by atoms with Crippen LogP contribution in [0.5, 0.6) is 0 Å². The molecular weight excluding hydrogens is 486 g/mol. The predicted molar refractivity (Wildman–Crippen MR) is 139 cm³/mol. The third-order valence-electron chi connectivity index (χ3n) is 5.93. The maximum atomic E-state index is 13.7. The van der Waals surface area contributed by atoms with E-state index in [0.717, 1.165) is 12.0 Å². The van der Waals surface area contributed by atoms with E-state index in [-0.39, 0.29) is 36.6 Å². The molecule has 3 aromatic carbocycles. The van der Waals surface area contributed by atoms with Crippen molar-refractivity contribution in [2.24, 2.45) is 0 Å². The van der Waals surface area contributed by atoms with Crippen LogP contribution in [0.4, 0.5) is 4.39 Å². The molecule has 184 valence electrons. The van der Waals surface area contributed by atoms with Crippen LogP contribution in [0.2, 0.25) is 10.0 Å². The molecule has 2 atom stereocenters. The average Bonchev–Trinajstić information content (AvgIpc) is 2.85. The number of nitrogens with zero attached hydrogens (tertiary/aromatic N) is 1. The fourth-order valence-corrected chi connectivity index (χ4v) is 4.27. The van der Waals surface area contributed by atoms with E-state index in [4.69, 9.17) is 23.2 Å². The maximum absolute atomic E-state index is 13.7. The molecule has 7 heteroatoms. The first-order valence-electron chi connectivity index (χ1n) is 11.6. The van der Waals surface area contributed by atoms with Gasteiger partial charge in [-0.3, -0.25) is 9.59 Å². The van der Waals surface area contributed by atoms with Gasteiger partial charge in [-0.1, -0.05) is 78.7 Å². The van der Waals surface area contributed by atoms with Gasteiger partial charge in [-0.2, -0.15) is 0 Å². The monoisotopic (exact) mass is 514 g/mol. The highest BCUT2D eigenvalue weighted by molar-refractivity contribution is 6.36. The molecule has 3 aromatic rings. The minimum absolute atomic E-state index is 0.0541. The lowest BCUT2D eigenvalue weighted by Gasteiger charge is -2.32. The Labute approximate surface area is 216 Å². The molecule has 0 saturated heterocycles. The Morgan fingerprint density at radius 2 is 1.54 bits per heavy atom. The topological polar surface area (TPSA) is 49.4 Å². The van der Waals surface area contributed by atoms with Gasteiger partial charge in [0, 0.05) is 29.1 Å². The smallest absolute Gasteiger partial charge is 0.243 e. The molecule has 0 bridgehead atoms. The quantitative estimate of drug-likeness (QED) is 0.348. The van der Waals surface area contributed by atoms with Crippen LogP contribution in [-0.4, -0.2) is 28.8 Å². The standard InChI is InChI=1S/C28H29Cl2FN2O2/c1-3-19(2)32-28(35)26(16-20-8-5-4-6-9-20)33(18-21-12-14-22(31)15-13-21)27(34)17-23-24(29)10-7-11-25(23)30/h4-15,19,26H,3,16-18H2,1-2H3,(H,32,35)/t19-,26-/m0/s1. The van der Waals surface area contributed by atoms with E-state index in [1.807, 2.05) is 44.2 Å². The third kappa shape index (κ3) is 7.55. The summed E-state index contributed by atoms with van der Waals surface area (Å²) in [5.74, 6) is -0.918. The lowest BCUT2D eigenvalue weighted by molar-refractivity contribution is -0.141. The molecule has 2 amide bonds. The maximum Gasteiger partial charge on any atom is 0.243 e. The van der Waals surface area contributed by atoms with Crippen LogP contribution in [-0.2, 0) is 29.0 Å². The first-order chi connectivity index (χ1) is 16.8. The van der Waals surface area contributed by atoms with E-state index >= 15 is 0 Å². The Morgan fingerprint density at radius 1 is 0.914 bits per heavy atom. The fraction of sp³-hybridized carbons (Fsp3) is 0.286. The lowest BCUT2D eigenvalue weighted by atomic mass is 10.0. The van der Waals surface area contributed by atoms with Crippen molar-refractivity contribution in [1.82, 2.24) is 10.2 Å². The Bertz CT molecular complexity index is 1120. The van der Waals surface area contributed by atoms with Gasteiger partial charge in [0.2, 0.25) is 11.8 Å². The fourth-order valence-electron chi connectivity index (χ4n) is 3.74. The molecular formula is C28H29Cl2FN2O2. The zero-order valence-corrected chi connectivity index (χ0v) is 21.3. The molecule has 0 heterocycles. The molecule has 0 spiro atoms. The van der Waals surface area contributed by atoms with Crippen molar-refractivity contribution >= 4 is 35.0 Å². The summed E-state index contributed by atoms with van der Waals surface area (Å²) >= 11 is 12.7. The normalized spacial score (nSPS) is 12.6. The molecule has 0 aliphatic rings. The van der Waals surface area contributed by atoms with Gasteiger partial charge in [-0.05, 0) is 54.3 Å². The Balaban J connectivity index is 2.00. The first-order valence-corrected chi connectivity index (χ1v) is 12.3. The molecule has 0 aliphatic heterocycles. The highest BCUT2D eigenvalue weighted by atomic mass is 35.5. The summed E-state index contributed by atoms with van der Waals surface area (Å²) < 4.78 is 13.5. The number of rotatable bonds is 10. The Morgan fingerprint density at radius 3 is 2.14 bits per heavy atom. The van der Waals surface area contributed by atoms with Crippen LogP contribution in [0.3, 0.4) is 0 Å². The second kappa shape index (κ2) is 12.7. The van der Waals surface area contributed by atoms with E-state index in [2.05, 4.69) is 5.32 Å². The number of carbonyl (C=O) groups is 2. The minimum Gasteiger partial charge on any atom is -0.352 e. The molecule has 3 rings (SSSR count). The number of carbonyl (C=O) groups excluding carboxylic acids is 2. The molecule has 4 nitrogen and oxygen atoms in total. The van der Waals surface area contributed by atoms with Gasteiger partial charge in [-0.15, -0.1) is 0 Å². The molecule has 0 fully saturated rings. The predicted octanol–water partition coefficient (Wildman–Crippen LogP) is 6.23. The Kier molecular flexibility index (Phi) is 9.70. The first kappa shape index (κ1) is 26.7. The van der Waals surface area contributed by atoms with E-state index in [1.165, 1.54) is 17.0 Å². The summed E-state index contributed by atoms with van der Waals surface area (Å²) in [6.07, 6.45) is 1.01. The van der Waals surface area contributed by atoms with E-state index in [1.54, 1.807) is 30.3 Å². The van der Waals surface area contributed by atoms with Gasteiger partial charge in [-0.25, -0.2) is 4.39 Å². The van der Waals surface area contributed by atoms with Crippen LogP contribution in [0, 0.1) is 5.82 Å². The summed E-state index contributed by atoms with van der Waals surface area (Å²) in [6.45, 7) is 4.04. The van der Waals surface area contributed by atoms with Gasteiger partial charge in [0.05, 0.1) is 6.42 Å². The Hall–Kier alpha value is -2.89. The zero-order valence-electron chi connectivity index (χ0n) is 19.8. The van der Waals surface area contributed by atoms with Crippen molar-refractivity contribution in [1.29, 1.82) is 0 Å². The molecule has 0 aliphatic carbocycles. The number of hydrogen-bond donors (Lipinski definition) is 1. The largest absolute Gasteiger partial charge is 0.352 e. The van der Waals surface area contributed by atoms with Crippen molar-refractivity contribution < 1.29 is 14.0 Å². The van der Waals surface area contributed by atoms with Crippen molar-refractivity contribution in [3.8, 4) is 0 Å². The van der Waals surface area contributed by atoms with Crippen LogP contribution in [0.25, 0.3) is 0 Å². The molecule has 0 unspecified atom stereocenters. The molecule has 35 heavy (non-hydrogen) atoms. The number of nitrogens with one attached hydrogen (secondary N) is 1. The SMILES string of the molecule is CC[C@H](C)NC(=O)[C@H](Cc1ccccc1)N(Cc1ccc(F)cc1)C(=O)Cc1c(Cl)cccc1Cl. The van der Waals surface area contributed by atoms with Crippen LogP contribution >= 0.6 is 23.2 Å². The van der Waals surface area contributed by atoms with Crippen molar-refractivity contribution in [3.05, 3.63) is 105 Å². The molecule has 0 radical (unpaired) electrons. The van der Waals surface area contributed by atoms with E-state index < -0.39 is 6.04 Å². The molecule has 1 N–H and O–H groups in total. The van der Waals surface area contributed by atoms with Gasteiger partial charge in [0.25, 0.3) is 0 Å². The number of benzene rings is 3. The molecule has 0 aromatic heterocycles. The summed E-state index contributed by atoms with van der Waals surface area (Å²) in [6, 6.07) is 19.7. The summed E-state index contributed by atoms with van der Waals surface area (Å²) in [4.78, 5) is 28.8. The third-order valence-corrected chi connectivity index (χ3v) is 6.64. The lowest BCUT2D eigenvalue weighted by Crippen LogP contribution is -2.52. The summed E-state index contributed by atoms with van der Waals surface area (Å²) in [7, 11) is 0. The highest BCUT2D eigenvalue weighted by Crippen LogP contribution is 2.26. The van der Waals surface area contributed by atoms with E-state index in [0.29, 0.717) is 27.6 Å². The second-order valence-corrected chi connectivity index (χ2v) is 9.36. The average molecular weight is 515 g/mol. The van der Waals surface area contributed by atoms with Crippen molar-refractivity contribution in [2.75, 3.05) is 0 Å². The van der Waals surface area contributed by atoms with Crippen LogP contribution < -0.4 is 5.32 Å². The summed E-state index contributed by atoms with van der Waals surface area (Å²) in [5.41, 5.74) is 2.13. The van der Waals surface area contributed by atoms with E-state index in [9.17, 15) is 14.0 Å². The van der Waals surface area contributed by atoms with Crippen molar-refractivity contribution in [3.63, 3.8) is 0 Å². The summed E-state index contributed by atoms with van der Waals surface area (Å²) in [5, 5.41) is 3.79. The minimum atomic E-state index is -0.787. The molecule has 0 saturated carbocycles. The number of amides is 2. The second-order valence-electron chi connectivity index (χ2n) is 8.55. The van der Waals surface area contributed by atoms with Gasteiger partial charge in [0.15, 0.2) is 0 Å². The van der Waals surface area contributed by atoms with Gasteiger partial charge in [0.1, 0.15) is 11.9 Å². The van der Waals surface area contributed by atoms with Crippen LogP contribution in [0.1, 0.15) is 37.0 Å². The van der Waals surface area contributed by atoms with Crippen LogP contribution in [0.15, 0.2) is 72.8 Å². The zero-order chi connectivity index (χ0) is 25.4. The van der Waals surface area contributed by atoms with Gasteiger partial charge >= 0.3 is 0 Å².